The van der Waals surface area contributed by atoms with Gasteiger partial charge in [-0.15, -0.1) is 0 Å². The molecule has 0 saturated carbocycles. The first-order valence-electron chi connectivity index (χ1n) is 11.6. The van der Waals surface area contributed by atoms with Crippen LogP contribution in [0.25, 0.3) is 0 Å². The van der Waals surface area contributed by atoms with Gasteiger partial charge in [0, 0.05) is 29.9 Å². The Labute approximate surface area is 200 Å². The molecule has 0 saturated heterocycles. The molecule has 4 rings (SSSR count). The van der Waals surface area contributed by atoms with E-state index < -0.39 is 6.04 Å². The zero-order valence-corrected chi connectivity index (χ0v) is 19.5. The quantitative estimate of drug-likeness (QED) is 0.541. The van der Waals surface area contributed by atoms with E-state index >= 15 is 0 Å². The van der Waals surface area contributed by atoms with Gasteiger partial charge in [0.05, 0.1) is 0 Å². The zero-order chi connectivity index (χ0) is 24.1. The summed E-state index contributed by atoms with van der Waals surface area (Å²) in [7, 11) is 0. The Kier molecular flexibility index (Phi) is 7.07. The van der Waals surface area contributed by atoms with Crippen molar-refractivity contribution in [3.05, 3.63) is 95.6 Å². The summed E-state index contributed by atoms with van der Waals surface area (Å²) in [6, 6.07) is 23.1. The molecule has 3 aromatic carbocycles. The maximum atomic E-state index is 13.1. The van der Waals surface area contributed by atoms with Gasteiger partial charge < -0.3 is 15.5 Å². The average Bonchev–Trinajstić information content (AvgIpc) is 3.27. The van der Waals surface area contributed by atoms with E-state index in [4.69, 9.17) is 0 Å². The van der Waals surface area contributed by atoms with Crippen LogP contribution in [0.15, 0.2) is 78.9 Å². The molecular formula is C28H29N3O3. The van der Waals surface area contributed by atoms with Crippen molar-refractivity contribution in [3.63, 3.8) is 0 Å². The van der Waals surface area contributed by atoms with Crippen molar-refractivity contribution in [2.24, 2.45) is 5.92 Å². The van der Waals surface area contributed by atoms with Crippen molar-refractivity contribution >= 4 is 29.1 Å². The number of nitrogens with one attached hydrogen (secondary N) is 2. The second-order valence-corrected chi connectivity index (χ2v) is 8.91. The Bertz CT molecular complexity index is 1170. The third-order valence-corrected chi connectivity index (χ3v) is 5.83. The standard InChI is InChI=1S/C28H29N3O3/c1-19(2)18-25(32)30-26(21-9-4-3-5-10-21)27(33)29-23-14-12-22(13-15-23)28(34)31-17-16-20-8-6-7-11-24(20)31/h3-15,19,26H,16-18H2,1-2H3,(H,29,33)(H,30,32). The predicted octanol–water partition coefficient (Wildman–Crippen LogP) is 4.73. The van der Waals surface area contributed by atoms with Gasteiger partial charge in [0.1, 0.15) is 6.04 Å². The molecule has 34 heavy (non-hydrogen) atoms. The van der Waals surface area contributed by atoms with Gasteiger partial charge in [-0.3, -0.25) is 14.4 Å². The van der Waals surface area contributed by atoms with Crippen LogP contribution >= 0.6 is 0 Å². The fourth-order valence-electron chi connectivity index (χ4n) is 4.15. The molecular weight excluding hydrogens is 426 g/mol. The Morgan fingerprint density at radius 3 is 2.26 bits per heavy atom. The van der Waals surface area contributed by atoms with E-state index in [2.05, 4.69) is 10.6 Å². The van der Waals surface area contributed by atoms with Gasteiger partial charge in [0.15, 0.2) is 0 Å². The first-order valence-corrected chi connectivity index (χ1v) is 11.6. The summed E-state index contributed by atoms with van der Waals surface area (Å²) < 4.78 is 0. The van der Waals surface area contributed by atoms with Gasteiger partial charge in [-0.1, -0.05) is 62.4 Å². The van der Waals surface area contributed by atoms with E-state index in [9.17, 15) is 14.4 Å². The molecule has 1 aliphatic rings. The highest BCUT2D eigenvalue weighted by Crippen LogP contribution is 2.29. The number of hydrogen-bond donors (Lipinski definition) is 2. The number of hydrogen-bond acceptors (Lipinski definition) is 3. The van der Waals surface area contributed by atoms with Gasteiger partial charge in [-0.05, 0) is 53.8 Å². The fourth-order valence-corrected chi connectivity index (χ4v) is 4.15. The summed E-state index contributed by atoms with van der Waals surface area (Å²) in [5.74, 6) is -0.389. The third-order valence-electron chi connectivity index (χ3n) is 5.83. The normalized spacial score (nSPS) is 13.3. The molecule has 3 amide bonds. The summed E-state index contributed by atoms with van der Waals surface area (Å²) in [6.45, 7) is 4.58. The predicted molar refractivity (Wildman–Crippen MR) is 134 cm³/mol. The van der Waals surface area contributed by atoms with E-state index in [0.29, 0.717) is 29.8 Å². The summed E-state index contributed by atoms with van der Waals surface area (Å²) in [6.07, 6.45) is 1.19. The fraction of sp³-hybridized carbons (Fsp3) is 0.250. The minimum atomic E-state index is -0.810. The van der Waals surface area contributed by atoms with Gasteiger partial charge in [0.25, 0.3) is 11.8 Å². The molecule has 1 atom stereocenters. The largest absolute Gasteiger partial charge is 0.341 e. The van der Waals surface area contributed by atoms with E-state index in [1.54, 1.807) is 29.2 Å². The van der Waals surface area contributed by atoms with Crippen molar-refractivity contribution < 1.29 is 14.4 Å². The SMILES string of the molecule is CC(C)CC(=O)NC(C(=O)Nc1ccc(C(=O)N2CCc3ccccc32)cc1)c1ccccc1. The van der Waals surface area contributed by atoms with Crippen molar-refractivity contribution in [3.8, 4) is 0 Å². The van der Waals surface area contributed by atoms with Crippen LogP contribution in [-0.4, -0.2) is 24.3 Å². The molecule has 1 aliphatic heterocycles. The molecule has 0 aliphatic carbocycles. The number of anilines is 2. The van der Waals surface area contributed by atoms with Crippen molar-refractivity contribution in [1.82, 2.24) is 5.32 Å². The first-order chi connectivity index (χ1) is 16.4. The summed E-state index contributed by atoms with van der Waals surface area (Å²) >= 11 is 0. The molecule has 6 heteroatoms. The number of carbonyl (C=O) groups excluding carboxylic acids is 3. The molecule has 174 valence electrons. The lowest BCUT2D eigenvalue weighted by molar-refractivity contribution is -0.127. The Morgan fingerprint density at radius 2 is 1.56 bits per heavy atom. The number of fused-ring (bicyclic) bond motifs is 1. The number of rotatable bonds is 7. The second kappa shape index (κ2) is 10.3. The molecule has 3 aromatic rings. The molecule has 0 spiro atoms. The molecule has 0 radical (unpaired) electrons. The van der Waals surface area contributed by atoms with Gasteiger partial charge in [-0.2, -0.15) is 0 Å². The lowest BCUT2D eigenvalue weighted by atomic mass is 10.0. The summed E-state index contributed by atoms with van der Waals surface area (Å²) in [5.41, 5.74) is 3.94. The summed E-state index contributed by atoms with van der Waals surface area (Å²) in [5, 5.41) is 5.72. The van der Waals surface area contributed by atoms with Crippen molar-refractivity contribution in [2.75, 3.05) is 16.8 Å². The van der Waals surface area contributed by atoms with Gasteiger partial charge in [0.2, 0.25) is 5.91 Å². The number of benzene rings is 3. The smallest absolute Gasteiger partial charge is 0.258 e. The van der Waals surface area contributed by atoms with Crippen LogP contribution in [0.4, 0.5) is 11.4 Å². The van der Waals surface area contributed by atoms with E-state index in [1.807, 2.05) is 68.4 Å². The molecule has 0 aromatic heterocycles. The third kappa shape index (κ3) is 5.34. The highest BCUT2D eigenvalue weighted by Gasteiger charge is 2.26. The number of nitrogens with zero attached hydrogens (tertiary/aromatic N) is 1. The molecule has 6 nitrogen and oxygen atoms in total. The highest BCUT2D eigenvalue weighted by atomic mass is 16.2. The van der Waals surface area contributed by atoms with E-state index in [-0.39, 0.29) is 23.6 Å². The summed E-state index contributed by atoms with van der Waals surface area (Å²) in [4.78, 5) is 40.3. The average molecular weight is 456 g/mol. The molecule has 1 unspecified atom stereocenters. The van der Waals surface area contributed by atoms with Gasteiger partial charge >= 0.3 is 0 Å². The van der Waals surface area contributed by atoms with Crippen molar-refractivity contribution in [1.29, 1.82) is 0 Å². The maximum Gasteiger partial charge on any atom is 0.258 e. The van der Waals surface area contributed by atoms with Crippen LogP contribution < -0.4 is 15.5 Å². The van der Waals surface area contributed by atoms with Crippen LogP contribution in [0.5, 0.6) is 0 Å². The lowest BCUT2D eigenvalue weighted by Gasteiger charge is -2.20. The first kappa shape index (κ1) is 23.2. The Morgan fingerprint density at radius 1 is 0.882 bits per heavy atom. The molecule has 2 N–H and O–H groups in total. The highest BCUT2D eigenvalue weighted by molar-refractivity contribution is 6.07. The Hall–Kier alpha value is -3.93. The van der Waals surface area contributed by atoms with Crippen LogP contribution in [-0.2, 0) is 16.0 Å². The number of amides is 3. The minimum Gasteiger partial charge on any atom is -0.341 e. The molecule has 0 bridgehead atoms. The van der Waals surface area contributed by atoms with E-state index in [1.165, 1.54) is 5.56 Å². The minimum absolute atomic E-state index is 0.0639. The van der Waals surface area contributed by atoms with Crippen LogP contribution in [0.1, 0.15) is 47.8 Å². The monoisotopic (exact) mass is 455 g/mol. The second-order valence-electron chi connectivity index (χ2n) is 8.91. The van der Waals surface area contributed by atoms with Crippen molar-refractivity contribution in [2.45, 2.75) is 32.7 Å². The van der Waals surface area contributed by atoms with Crippen LogP contribution in [0, 0.1) is 5.92 Å². The molecule has 1 heterocycles. The van der Waals surface area contributed by atoms with Crippen LogP contribution in [0.2, 0.25) is 0 Å². The number of carbonyl (C=O) groups is 3. The topological polar surface area (TPSA) is 78.5 Å². The maximum absolute atomic E-state index is 13.1. The van der Waals surface area contributed by atoms with Crippen LogP contribution in [0.3, 0.4) is 0 Å². The molecule has 0 fully saturated rings. The Balaban J connectivity index is 1.46. The lowest BCUT2D eigenvalue weighted by Crippen LogP contribution is -2.37. The number of para-hydroxylation sites is 1. The zero-order valence-electron chi connectivity index (χ0n) is 19.5. The van der Waals surface area contributed by atoms with Gasteiger partial charge in [-0.25, -0.2) is 0 Å². The van der Waals surface area contributed by atoms with E-state index in [0.717, 1.165) is 12.1 Å².